The van der Waals surface area contributed by atoms with Crippen LogP contribution in [0.5, 0.6) is 0 Å². The van der Waals surface area contributed by atoms with Crippen molar-refractivity contribution < 1.29 is 0 Å². The topological polar surface area (TPSA) is 3.24 Å². The molecule has 6 atom stereocenters. The summed E-state index contributed by atoms with van der Waals surface area (Å²) in [6.07, 6.45) is 11.4. The number of hydrogen-bond donors (Lipinski definition) is 0. The molecule has 0 saturated heterocycles. The van der Waals surface area contributed by atoms with Gasteiger partial charge in [0.2, 0.25) is 0 Å². The van der Waals surface area contributed by atoms with Gasteiger partial charge in [-0.3, -0.25) is 0 Å². The molecule has 6 aromatic rings. The summed E-state index contributed by atoms with van der Waals surface area (Å²) < 4.78 is 0. The number of hydrogen-bond acceptors (Lipinski definition) is 1. The SMILES string of the molecule is CC1(C)c2cc(N(c3ccc(C4CC5CCC4C5)cc3)c3ccc(C4CC5CCC4C5)cc3)ccc2-c2c(-c3ccc4ccccc4c3)cccc21. The van der Waals surface area contributed by atoms with E-state index in [1.54, 1.807) is 11.1 Å². The lowest BCUT2D eigenvalue weighted by Crippen LogP contribution is -2.17. The van der Waals surface area contributed by atoms with E-state index in [-0.39, 0.29) is 5.41 Å². The Bertz CT molecular complexity index is 2260. The maximum absolute atomic E-state index is 2.53. The van der Waals surface area contributed by atoms with Gasteiger partial charge in [-0.2, -0.15) is 0 Å². The molecule has 1 heteroatoms. The summed E-state index contributed by atoms with van der Waals surface area (Å²) in [4.78, 5) is 2.53. The first-order valence-corrected chi connectivity index (χ1v) is 20.3. The van der Waals surface area contributed by atoms with Crippen LogP contribution in [0.2, 0.25) is 0 Å². The van der Waals surface area contributed by atoms with Gasteiger partial charge in [0.1, 0.15) is 0 Å². The van der Waals surface area contributed by atoms with Gasteiger partial charge in [-0.15, -0.1) is 0 Å². The molecule has 6 unspecified atom stereocenters. The average Bonchev–Trinajstić information content (AvgIpc) is 4.04. The number of fused-ring (bicyclic) bond motifs is 8. The fourth-order valence-corrected chi connectivity index (χ4v) is 12.0. The molecule has 0 aromatic heterocycles. The second kappa shape index (κ2) is 11.7. The molecule has 0 N–H and O–H groups in total. The van der Waals surface area contributed by atoms with Crippen molar-refractivity contribution in [1.29, 1.82) is 0 Å². The lowest BCUT2D eigenvalue weighted by atomic mass is 9.81. The Morgan fingerprint density at radius 3 is 1.69 bits per heavy atom. The lowest BCUT2D eigenvalue weighted by Gasteiger charge is -2.29. The van der Waals surface area contributed by atoms with Crippen molar-refractivity contribution in [3.63, 3.8) is 0 Å². The highest BCUT2D eigenvalue weighted by atomic mass is 15.1. The van der Waals surface area contributed by atoms with Crippen LogP contribution in [0, 0.1) is 23.7 Å². The van der Waals surface area contributed by atoms with E-state index < -0.39 is 0 Å². The van der Waals surface area contributed by atoms with Gasteiger partial charge in [-0.25, -0.2) is 0 Å². The van der Waals surface area contributed by atoms with E-state index >= 15 is 0 Å². The van der Waals surface area contributed by atoms with Crippen molar-refractivity contribution in [2.75, 3.05) is 4.90 Å². The second-order valence-electron chi connectivity index (χ2n) is 17.7. The first kappa shape index (κ1) is 31.0. The molecule has 4 saturated carbocycles. The third-order valence-electron chi connectivity index (χ3n) is 14.6. The second-order valence-corrected chi connectivity index (χ2v) is 17.7. The largest absolute Gasteiger partial charge is 0.310 e. The maximum atomic E-state index is 2.53. The number of nitrogens with zero attached hydrogens (tertiary/aromatic N) is 1. The van der Waals surface area contributed by atoms with Crippen LogP contribution in [0.1, 0.15) is 99.3 Å². The summed E-state index contributed by atoms with van der Waals surface area (Å²) in [5.41, 5.74) is 14.9. The molecule has 0 heterocycles. The molecule has 1 nitrogen and oxygen atoms in total. The van der Waals surface area contributed by atoms with Crippen molar-refractivity contribution in [3.8, 4) is 22.3 Å². The van der Waals surface area contributed by atoms with Crippen LogP contribution in [-0.2, 0) is 5.41 Å². The molecular weight excluding hydrogens is 627 g/mol. The first-order valence-electron chi connectivity index (χ1n) is 20.3. The minimum atomic E-state index is -0.115. The van der Waals surface area contributed by atoms with Crippen LogP contribution >= 0.6 is 0 Å². The minimum Gasteiger partial charge on any atom is -0.310 e. The Morgan fingerprint density at radius 2 is 1.10 bits per heavy atom. The normalized spacial score (nSPS) is 26.2. The molecule has 6 aromatic carbocycles. The fourth-order valence-electron chi connectivity index (χ4n) is 12.0. The van der Waals surface area contributed by atoms with Crippen LogP contribution in [0.25, 0.3) is 33.0 Å². The maximum Gasteiger partial charge on any atom is 0.0465 e. The van der Waals surface area contributed by atoms with Crippen molar-refractivity contribution in [2.24, 2.45) is 23.7 Å². The standard InChI is InChI=1S/C51H49N/c1-51(2)48-9-5-8-44(40-15-14-34-6-3-4-7-37(34)30-40)50(48)45-25-24-43(31-49(45)51)52(41-20-16-35(17-21-41)46-28-32-10-12-38(46)26-32)42-22-18-36(19-23-42)47-29-33-11-13-39(47)27-33/h3-9,14-25,30-33,38-39,46-47H,10-13,26-29H2,1-2H3. The number of rotatable bonds is 6. The summed E-state index contributed by atoms with van der Waals surface area (Å²) in [5.74, 6) is 5.20. The lowest BCUT2D eigenvalue weighted by molar-refractivity contribution is 0.420. The van der Waals surface area contributed by atoms with E-state index in [2.05, 4.69) is 146 Å². The van der Waals surface area contributed by atoms with Crippen LogP contribution in [0.3, 0.4) is 0 Å². The molecule has 4 fully saturated rings. The zero-order chi connectivity index (χ0) is 34.6. The summed E-state index contributed by atoms with van der Waals surface area (Å²) in [6, 6.07) is 49.4. The van der Waals surface area contributed by atoms with E-state index in [4.69, 9.17) is 0 Å². The average molecular weight is 676 g/mol. The molecule has 11 rings (SSSR count). The predicted octanol–water partition coefficient (Wildman–Crippen LogP) is 14.1. The Hall–Kier alpha value is -4.62. The smallest absolute Gasteiger partial charge is 0.0465 e. The van der Waals surface area contributed by atoms with Gasteiger partial charge in [0.15, 0.2) is 0 Å². The van der Waals surface area contributed by atoms with Crippen molar-refractivity contribution in [2.45, 2.75) is 82.5 Å². The van der Waals surface area contributed by atoms with Gasteiger partial charge in [0.25, 0.3) is 0 Å². The Labute approximate surface area is 309 Å². The van der Waals surface area contributed by atoms with Crippen LogP contribution in [-0.4, -0.2) is 0 Å². The van der Waals surface area contributed by atoms with Gasteiger partial charge in [0.05, 0.1) is 0 Å². The van der Waals surface area contributed by atoms with E-state index in [9.17, 15) is 0 Å². The fraction of sp³-hybridized carbons (Fsp3) is 0.333. The number of anilines is 3. The van der Waals surface area contributed by atoms with Gasteiger partial charge >= 0.3 is 0 Å². The zero-order valence-electron chi connectivity index (χ0n) is 30.7. The van der Waals surface area contributed by atoms with Crippen molar-refractivity contribution >= 4 is 27.8 Å². The molecule has 0 aliphatic heterocycles. The third kappa shape index (κ3) is 4.81. The summed E-state index contributed by atoms with van der Waals surface area (Å²) in [6.45, 7) is 4.84. The van der Waals surface area contributed by atoms with Gasteiger partial charge in [-0.1, -0.05) is 112 Å². The van der Waals surface area contributed by atoms with Crippen molar-refractivity contribution in [1.82, 2.24) is 0 Å². The number of benzene rings is 6. The van der Waals surface area contributed by atoms with Crippen LogP contribution in [0.4, 0.5) is 17.1 Å². The molecule has 258 valence electrons. The van der Waals surface area contributed by atoms with E-state index in [1.807, 2.05) is 0 Å². The Morgan fingerprint density at radius 1 is 0.481 bits per heavy atom. The van der Waals surface area contributed by atoms with Crippen LogP contribution in [0.15, 0.2) is 127 Å². The quantitative estimate of drug-likeness (QED) is 0.170. The summed E-state index contributed by atoms with van der Waals surface area (Å²) in [5, 5.41) is 2.58. The predicted molar refractivity (Wildman–Crippen MR) is 218 cm³/mol. The molecular formula is C51H49N. The first-order chi connectivity index (χ1) is 25.5. The molecule has 0 spiro atoms. The monoisotopic (exact) mass is 675 g/mol. The highest BCUT2D eigenvalue weighted by molar-refractivity contribution is 5.96. The van der Waals surface area contributed by atoms with E-state index in [0.29, 0.717) is 0 Å². The highest BCUT2D eigenvalue weighted by Crippen LogP contribution is 2.56. The molecule has 4 bridgehead atoms. The zero-order valence-corrected chi connectivity index (χ0v) is 30.7. The summed E-state index contributed by atoms with van der Waals surface area (Å²) >= 11 is 0. The summed E-state index contributed by atoms with van der Waals surface area (Å²) in [7, 11) is 0. The van der Waals surface area contributed by atoms with Gasteiger partial charge < -0.3 is 4.90 Å². The third-order valence-corrected chi connectivity index (χ3v) is 14.6. The molecule has 5 aliphatic rings. The van der Waals surface area contributed by atoms with E-state index in [1.165, 1.54) is 113 Å². The molecule has 52 heavy (non-hydrogen) atoms. The van der Waals surface area contributed by atoms with Crippen molar-refractivity contribution in [3.05, 3.63) is 150 Å². The van der Waals surface area contributed by atoms with Crippen LogP contribution < -0.4 is 4.90 Å². The van der Waals surface area contributed by atoms with E-state index in [0.717, 1.165) is 35.5 Å². The Balaban J connectivity index is 1.00. The molecule has 5 aliphatic carbocycles. The van der Waals surface area contributed by atoms with Gasteiger partial charge in [0, 0.05) is 22.5 Å². The highest BCUT2D eigenvalue weighted by Gasteiger charge is 2.42. The molecule has 0 amide bonds. The minimum absolute atomic E-state index is 0.115. The van der Waals surface area contributed by atoms with Gasteiger partial charge in [-0.05, 0) is 172 Å². The Kier molecular flexibility index (Phi) is 6.96. The molecule has 0 radical (unpaired) electrons.